The summed E-state index contributed by atoms with van der Waals surface area (Å²) in [5, 5.41) is 6.35. The summed E-state index contributed by atoms with van der Waals surface area (Å²) < 4.78 is 5.37. The minimum absolute atomic E-state index is 0.0217. The molecule has 1 aromatic heterocycles. The van der Waals surface area contributed by atoms with Crippen molar-refractivity contribution in [3.05, 3.63) is 47.9 Å². The second kappa shape index (κ2) is 6.97. The van der Waals surface area contributed by atoms with Crippen molar-refractivity contribution in [1.29, 1.82) is 0 Å². The van der Waals surface area contributed by atoms with Crippen LogP contribution < -0.4 is 10.6 Å². The number of carbonyl (C=O) groups excluding carboxylic acids is 1. The van der Waals surface area contributed by atoms with Gasteiger partial charge in [0.15, 0.2) is 0 Å². The average Bonchev–Trinajstić information content (AvgIpc) is 2.95. The third-order valence-corrected chi connectivity index (χ3v) is 3.33. The molecule has 1 atom stereocenters. The Bertz CT molecular complexity index is 591. The lowest BCUT2D eigenvalue weighted by atomic mass is 10.1. The molecule has 0 fully saturated rings. The molecule has 0 aliphatic heterocycles. The van der Waals surface area contributed by atoms with Gasteiger partial charge >= 0.3 is 0 Å². The van der Waals surface area contributed by atoms with Crippen molar-refractivity contribution in [3.63, 3.8) is 0 Å². The topological polar surface area (TPSA) is 54.3 Å². The van der Waals surface area contributed by atoms with Crippen LogP contribution in [0.25, 0.3) is 0 Å². The van der Waals surface area contributed by atoms with Crippen molar-refractivity contribution in [2.45, 2.75) is 39.7 Å². The van der Waals surface area contributed by atoms with E-state index in [0.29, 0.717) is 6.42 Å². The fourth-order valence-corrected chi connectivity index (χ4v) is 2.15. The van der Waals surface area contributed by atoms with E-state index in [1.807, 2.05) is 44.2 Å². The Balaban J connectivity index is 2.04. The number of benzene rings is 1. The van der Waals surface area contributed by atoms with Gasteiger partial charge in [-0.2, -0.15) is 0 Å². The SMILES string of the molecule is CCC(=O)Nc1ccc(C)c(NC(C)Cc2ccco2)c1. The van der Waals surface area contributed by atoms with Crippen LogP contribution in [0.2, 0.25) is 0 Å². The number of hydrogen-bond acceptors (Lipinski definition) is 3. The predicted octanol–water partition coefficient (Wildman–Crippen LogP) is 3.98. The molecule has 1 unspecified atom stereocenters. The molecule has 4 heteroatoms. The number of furan rings is 1. The Morgan fingerprint density at radius 1 is 1.33 bits per heavy atom. The maximum Gasteiger partial charge on any atom is 0.224 e. The number of amides is 1. The van der Waals surface area contributed by atoms with Crippen LogP contribution in [0.4, 0.5) is 11.4 Å². The first kappa shape index (κ1) is 15.2. The Morgan fingerprint density at radius 3 is 2.81 bits per heavy atom. The molecule has 0 aliphatic carbocycles. The molecule has 4 nitrogen and oxygen atoms in total. The Morgan fingerprint density at radius 2 is 2.14 bits per heavy atom. The molecule has 1 aromatic carbocycles. The van der Waals surface area contributed by atoms with Gasteiger partial charge in [0.1, 0.15) is 5.76 Å². The molecule has 0 saturated carbocycles. The summed E-state index contributed by atoms with van der Waals surface area (Å²) in [5.74, 6) is 0.983. The fraction of sp³-hybridized carbons (Fsp3) is 0.353. The van der Waals surface area contributed by atoms with E-state index in [9.17, 15) is 4.79 Å². The molecule has 0 spiro atoms. The predicted molar refractivity (Wildman–Crippen MR) is 85.6 cm³/mol. The van der Waals surface area contributed by atoms with E-state index in [-0.39, 0.29) is 11.9 Å². The van der Waals surface area contributed by atoms with Crippen molar-refractivity contribution >= 4 is 17.3 Å². The third kappa shape index (κ3) is 4.38. The number of nitrogens with one attached hydrogen (secondary N) is 2. The van der Waals surface area contributed by atoms with Gasteiger partial charge in [0.05, 0.1) is 6.26 Å². The van der Waals surface area contributed by atoms with Gasteiger partial charge in [0.2, 0.25) is 5.91 Å². The Labute approximate surface area is 125 Å². The molecule has 2 N–H and O–H groups in total. The summed E-state index contributed by atoms with van der Waals surface area (Å²) in [6, 6.07) is 10.0. The van der Waals surface area contributed by atoms with E-state index in [1.54, 1.807) is 6.26 Å². The molecule has 112 valence electrons. The minimum Gasteiger partial charge on any atom is -0.469 e. The zero-order valence-electron chi connectivity index (χ0n) is 12.8. The molecule has 1 heterocycles. The van der Waals surface area contributed by atoms with Crippen LogP contribution in [-0.2, 0) is 11.2 Å². The first-order chi connectivity index (χ1) is 10.1. The standard InChI is InChI=1S/C17H22N2O2/c1-4-17(20)19-14-8-7-12(2)16(11-14)18-13(3)10-15-6-5-9-21-15/h5-9,11,13,18H,4,10H2,1-3H3,(H,19,20). The van der Waals surface area contributed by atoms with Crippen LogP contribution in [0, 0.1) is 6.92 Å². The molecule has 2 aromatic rings. The summed E-state index contributed by atoms with van der Waals surface area (Å²) in [4.78, 5) is 11.5. The number of rotatable bonds is 6. The number of hydrogen-bond donors (Lipinski definition) is 2. The molecule has 21 heavy (non-hydrogen) atoms. The van der Waals surface area contributed by atoms with Crippen molar-refractivity contribution in [2.75, 3.05) is 10.6 Å². The van der Waals surface area contributed by atoms with Gasteiger partial charge in [-0.05, 0) is 43.7 Å². The zero-order chi connectivity index (χ0) is 15.2. The highest BCUT2D eigenvalue weighted by Crippen LogP contribution is 2.22. The van der Waals surface area contributed by atoms with Crippen LogP contribution in [-0.4, -0.2) is 11.9 Å². The van der Waals surface area contributed by atoms with Gasteiger partial charge in [-0.3, -0.25) is 4.79 Å². The molecule has 0 aliphatic rings. The highest BCUT2D eigenvalue weighted by molar-refractivity contribution is 5.91. The lowest BCUT2D eigenvalue weighted by Gasteiger charge is -2.17. The van der Waals surface area contributed by atoms with Crippen molar-refractivity contribution < 1.29 is 9.21 Å². The van der Waals surface area contributed by atoms with Gasteiger partial charge < -0.3 is 15.1 Å². The highest BCUT2D eigenvalue weighted by Gasteiger charge is 2.08. The molecule has 2 rings (SSSR count). The quantitative estimate of drug-likeness (QED) is 0.844. The van der Waals surface area contributed by atoms with Gasteiger partial charge in [0.25, 0.3) is 0 Å². The van der Waals surface area contributed by atoms with Crippen molar-refractivity contribution in [3.8, 4) is 0 Å². The summed E-state index contributed by atoms with van der Waals surface area (Å²) in [7, 11) is 0. The van der Waals surface area contributed by atoms with E-state index >= 15 is 0 Å². The summed E-state index contributed by atoms with van der Waals surface area (Å²) in [6.07, 6.45) is 2.98. The normalized spacial score (nSPS) is 12.0. The first-order valence-corrected chi connectivity index (χ1v) is 7.28. The summed E-state index contributed by atoms with van der Waals surface area (Å²) >= 11 is 0. The maximum absolute atomic E-state index is 11.5. The molecular weight excluding hydrogens is 264 g/mol. The molecular formula is C17H22N2O2. The molecule has 0 saturated heterocycles. The second-order valence-electron chi connectivity index (χ2n) is 5.26. The van der Waals surface area contributed by atoms with Crippen LogP contribution in [0.15, 0.2) is 41.0 Å². The number of anilines is 2. The second-order valence-corrected chi connectivity index (χ2v) is 5.26. The number of aryl methyl sites for hydroxylation is 1. The van der Waals surface area contributed by atoms with Crippen molar-refractivity contribution in [2.24, 2.45) is 0 Å². The van der Waals surface area contributed by atoms with Gasteiger partial charge in [-0.15, -0.1) is 0 Å². The van der Waals surface area contributed by atoms with Gasteiger partial charge in [-0.1, -0.05) is 13.0 Å². The minimum atomic E-state index is 0.0217. The smallest absolute Gasteiger partial charge is 0.224 e. The zero-order valence-corrected chi connectivity index (χ0v) is 12.8. The highest BCUT2D eigenvalue weighted by atomic mass is 16.3. The van der Waals surface area contributed by atoms with Gasteiger partial charge in [-0.25, -0.2) is 0 Å². The largest absolute Gasteiger partial charge is 0.469 e. The fourth-order valence-electron chi connectivity index (χ4n) is 2.15. The van der Waals surface area contributed by atoms with Crippen molar-refractivity contribution in [1.82, 2.24) is 0 Å². The van der Waals surface area contributed by atoms with Crippen LogP contribution in [0.5, 0.6) is 0 Å². The summed E-state index contributed by atoms with van der Waals surface area (Å²) in [6.45, 7) is 6.00. The molecule has 0 bridgehead atoms. The Hall–Kier alpha value is -2.23. The van der Waals surface area contributed by atoms with E-state index in [0.717, 1.165) is 29.1 Å². The lowest BCUT2D eigenvalue weighted by Crippen LogP contribution is -2.18. The third-order valence-electron chi connectivity index (χ3n) is 3.33. The van der Waals surface area contributed by atoms with Crippen LogP contribution >= 0.6 is 0 Å². The van der Waals surface area contributed by atoms with E-state index < -0.39 is 0 Å². The van der Waals surface area contributed by atoms with E-state index in [1.165, 1.54) is 0 Å². The number of carbonyl (C=O) groups is 1. The van der Waals surface area contributed by atoms with E-state index in [4.69, 9.17) is 4.42 Å². The monoisotopic (exact) mass is 286 g/mol. The van der Waals surface area contributed by atoms with Crippen LogP contribution in [0.1, 0.15) is 31.6 Å². The van der Waals surface area contributed by atoms with Gasteiger partial charge in [0, 0.05) is 30.3 Å². The molecule has 0 radical (unpaired) electrons. The Kier molecular flexibility index (Phi) is 5.04. The van der Waals surface area contributed by atoms with E-state index in [2.05, 4.69) is 17.6 Å². The summed E-state index contributed by atoms with van der Waals surface area (Å²) in [5.41, 5.74) is 3.00. The van der Waals surface area contributed by atoms with Crippen LogP contribution in [0.3, 0.4) is 0 Å². The molecule has 1 amide bonds. The lowest BCUT2D eigenvalue weighted by molar-refractivity contribution is -0.115. The maximum atomic E-state index is 11.5. The first-order valence-electron chi connectivity index (χ1n) is 7.28. The average molecular weight is 286 g/mol.